The zero-order chi connectivity index (χ0) is 20.7. The summed E-state index contributed by atoms with van der Waals surface area (Å²) in [6.07, 6.45) is 4.14. The Balaban J connectivity index is 1.57. The number of carbonyl (C=O) groups is 2. The van der Waals surface area contributed by atoms with Crippen LogP contribution in [0.15, 0.2) is 24.3 Å². The highest BCUT2D eigenvalue weighted by Gasteiger charge is 2.43. The van der Waals surface area contributed by atoms with E-state index in [0.717, 1.165) is 38.0 Å². The number of carbonyl (C=O) groups excluding carboxylic acids is 2. The molecule has 2 aliphatic rings. The first kappa shape index (κ1) is 22.2. The van der Waals surface area contributed by atoms with Gasteiger partial charge in [0.15, 0.2) is 0 Å². The zero-order valence-electron chi connectivity index (χ0n) is 16.6. The van der Waals surface area contributed by atoms with E-state index in [9.17, 15) is 9.59 Å². The topological polar surface area (TPSA) is 70.7 Å². The number of hydrogen-bond acceptors (Lipinski definition) is 4. The first-order chi connectivity index (χ1) is 14.0. The molecule has 0 atom stereocenters. The zero-order valence-corrected chi connectivity index (χ0v) is 18.1. The van der Waals surface area contributed by atoms with Gasteiger partial charge in [-0.3, -0.25) is 9.59 Å². The van der Waals surface area contributed by atoms with Gasteiger partial charge >= 0.3 is 0 Å². The fraction of sp³-hybridized carbons (Fsp3) is 0.619. The Morgan fingerprint density at radius 1 is 1.14 bits per heavy atom. The highest BCUT2D eigenvalue weighted by atomic mass is 35.5. The van der Waals surface area contributed by atoms with E-state index in [0.29, 0.717) is 43.5 Å². The molecule has 2 N–H and O–H groups in total. The van der Waals surface area contributed by atoms with Crippen molar-refractivity contribution in [2.24, 2.45) is 5.92 Å². The van der Waals surface area contributed by atoms with Gasteiger partial charge in [0.2, 0.25) is 11.8 Å². The third-order valence-electron chi connectivity index (χ3n) is 5.88. The summed E-state index contributed by atoms with van der Waals surface area (Å²) in [4.78, 5) is 26.7. The molecule has 0 radical (unpaired) electrons. The molecule has 1 aromatic rings. The lowest BCUT2D eigenvalue weighted by Gasteiger charge is -2.43. The van der Waals surface area contributed by atoms with Crippen LogP contribution < -0.4 is 10.6 Å². The number of rotatable bonds is 7. The van der Waals surface area contributed by atoms with Crippen molar-refractivity contribution in [1.29, 1.82) is 0 Å². The molecule has 2 amide bonds. The van der Waals surface area contributed by atoms with E-state index in [4.69, 9.17) is 27.9 Å². The first-order valence-electron chi connectivity index (χ1n) is 10.3. The van der Waals surface area contributed by atoms with Crippen molar-refractivity contribution in [2.45, 2.75) is 37.6 Å². The summed E-state index contributed by atoms with van der Waals surface area (Å²) in [5.74, 6) is 0.544. The number of ether oxygens (including phenoxy) is 1. The van der Waals surface area contributed by atoms with E-state index < -0.39 is 5.54 Å². The van der Waals surface area contributed by atoms with Crippen molar-refractivity contribution in [2.75, 3.05) is 44.0 Å². The van der Waals surface area contributed by atoms with Gasteiger partial charge < -0.3 is 20.3 Å². The molecule has 1 aromatic carbocycles. The molecule has 0 saturated carbocycles. The van der Waals surface area contributed by atoms with E-state index in [1.54, 1.807) is 0 Å². The summed E-state index contributed by atoms with van der Waals surface area (Å²) < 4.78 is 5.53. The molecule has 160 valence electrons. The normalized spacial score (nSPS) is 19.6. The molecular formula is C21H29Cl2N3O3. The van der Waals surface area contributed by atoms with Crippen molar-refractivity contribution in [3.63, 3.8) is 0 Å². The summed E-state index contributed by atoms with van der Waals surface area (Å²) in [6, 6.07) is 7.48. The molecule has 0 unspecified atom stereocenters. The highest BCUT2D eigenvalue weighted by Crippen LogP contribution is 2.31. The number of amides is 2. The van der Waals surface area contributed by atoms with Gasteiger partial charge in [0.1, 0.15) is 11.4 Å². The highest BCUT2D eigenvalue weighted by molar-refractivity contribution is 6.30. The van der Waals surface area contributed by atoms with Crippen molar-refractivity contribution < 1.29 is 14.3 Å². The predicted molar refractivity (Wildman–Crippen MR) is 116 cm³/mol. The van der Waals surface area contributed by atoms with Gasteiger partial charge in [0.25, 0.3) is 0 Å². The summed E-state index contributed by atoms with van der Waals surface area (Å²) >= 11 is 11.5. The van der Waals surface area contributed by atoms with E-state index >= 15 is 0 Å². The smallest absolute Gasteiger partial charge is 0.248 e. The average molecular weight is 442 g/mol. The predicted octanol–water partition coefficient (Wildman–Crippen LogP) is 3.28. The summed E-state index contributed by atoms with van der Waals surface area (Å²) in [7, 11) is 0. The van der Waals surface area contributed by atoms with Crippen LogP contribution in [0.1, 0.15) is 32.1 Å². The number of hydrogen-bond donors (Lipinski definition) is 2. The van der Waals surface area contributed by atoms with Crippen LogP contribution in [0.2, 0.25) is 5.02 Å². The standard InChI is InChI=1S/C21H29Cl2N3O3/c22-15-19(27)24-10-5-16-6-11-26(12-7-16)20(28)21(8-13-29-14-9-21)25-18-3-1-17(23)2-4-18/h1-4,16,25H,5-15H2,(H,24,27). The Labute approximate surface area is 182 Å². The number of nitrogens with zero attached hydrogens (tertiary/aromatic N) is 1. The molecule has 29 heavy (non-hydrogen) atoms. The molecule has 0 spiro atoms. The second kappa shape index (κ2) is 10.5. The summed E-state index contributed by atoms with van der Waals surface area (Å²) in [5.41, 5.74) is 0.266. The Morgan fingerprint density at radius 3 is 2.41 bits per heavy atom. The number of nitrogens with one attached hydrogen (secondary N) is 2. The third kappa shape index (κ3) is 6.00. The van der Waals surface area contributed by atoms with Crippen molar-refractivity contribution in [3.05, 3.63) is 29.3 Å². The average Bonchev–Trinajstić information content (AvgIpc) is 2.76. The molecule has 0 bridgehead atoms. The van der Waals surface area contributed by atoms with Crippen molar-refractivity contribution >= 4 is 40.7 Å². The van der Waals surface area contributed by atoms with E-state index in [1.807, 2.05) is 29.2 Å². The van der Waals surface area contributed by atoms with Crippen LogP contribution in [-0.2, 0) is 14.3 Å². The quantitative estimate of drug-likeness (QED) is 0.636. The van der Waals surface area contributed by atoms with Crippen LogP contribution in [0.5, 0.6) is 0 Å². The summed E-state index contributed by atoms with van der Waals surface area (Å²) in [6.45, 7) is 3.28. The SMILES string of the molecule is O=C(CCl)NCCC1CCN(C(=O)C2(Nc3ccc(Cl)cc3)CCOCC2)CC1. The second-order valence-electron chi connectivity index (χ2n) is 7.83. The van der Waals surface area contributed by atoms with Crippen molar-refractivity contribution in [3.8, 4) is 0 Å². The largest absolute Gasteiger partial charge is 0.381 e. The third-order valence-corrected chi connectivity index (χ3v) is 6.38. The molecule has 8 heteroatoms. The maximum atomic E-state index is 13.5. The molecule has 2 aliphatic heterocycles. The Bertz CT molecular complexity index is 685. The van der Waals surface area contributed by atoms with E-state index in [2.05, 4.69) is 10.6 Å². The molecule has 6 nitrogen and oxygen atoms in total. The minimum absolute atomic E-state index is 0.000632. The minimum atomic E-state index is -0.632. The van der Waals surface area contributed by atoms with Gasteiger partial charge in [-0.2, -0.15) is 0 Å². The lowest BCUT2D eigenvalue weighted by molar-refractivity contribution is -0.140. The van der Waals surface area contributed by atoms with Crippen molar-refractivity contribution in [1.82, 2.24) is 10.2 Å². The monoisotopic (exact) mass is 441 g/mol. The lowest BCUT2D eigenvalue weighted by atomic mass is 9.86. The summed E-state index contributed by atoms with van der Waals surface area (Å²) in [5, 5.41) is 6.98. The van der Waals surface area contributed by atoms with Crippen LogP contribution in [0.25, 0.3) is 0 Å². The number of likely N-dealkylation sites (tertiary alicyclic amines) is 1. The van der Waals surface area contributed by atoms with E-state index in [1.165, 1.54) is 0 Å². The van der Waals surface area contributed by atoms with Crippen LogP contribution in [0, 0.1) is 5.92 Å². The Kier molecular flexibility index (Phi) is 8.04. The number of halogens is 2. The fourth-order valence-electron chi connectivity index (χ4n) is 4.11. The Hall–Kier alpha value is -1.50. The maximum absolute atomic E-state index is 13.5. The molecular weight excluding hydrogens is 413 g/mol. The maximum Gasteiger partial charge on any atom is 0.248 e. The van der Waals surface area contributed by atoms with Gasteiger partial charge in [0, 0.05) is 56.4 Å². The van der Waals surface area contributed by atoms with Crippen LogP contribution >= 0.6 is 23.2 Å². The van der Waals surface area contributed by atoms with Crippen LogP contribution in [0.3, 0.4) is 0 Å². The van der Waals surface area contributed by atoms with Gasteiger partial charge in [-0.15, -0.1) is 11.6 Å². The molecule has 3 rings (SSSR count). The van der Waals surface area contributed by atoms with Crippen LogP contribution in [0.4, 0.5) is 5.69 Å². The molecule has 2 fully saturated rings. The number of benzene rings is 1. The minimum Gasteiger partial charge on any atom is -0.381 e. The molecule has 0 aliphatic carbocycles. The molecule has 2 saturated heterocycles. The van der Waals surface area contributed by atoms with E-state index in [-0.39, 0.29) is 17.7 Å². The second-order valence-corrected chi connectivity index (χ2v) is 8.54. The van der Waals surface area contributed by atoms with Gasteiger partial charge in [0.05, 0.1) is 0 Å². The Morgan fingerprint density at radius 2 is 1.79 bits per heavy atom. The number of piperidine rings is 1. The van der Waals surface area contributed by atoms with Gasteiger partial charge in [-0.1, -0.05) is 11.6 Å². The number of alkyl halides is 1. The lowest BCUT2D eigenvalue weighted by Crippen LogP contribution is -2.58. The number of anilines is 1. The van der Waals surface area contributed by atoms with Crippen LogP contribution in [-0.4, -0.2) is 61.0 Å². The van der Waals surface area contributed by atoms with Gasteiger partial charge in [-0.25, -0.2) is 0 Å². The van der Waals surface area contributed by atoms with Gasteiger partial charge in [-0.05, 0) is 49.4 Å². The molecule has 0 aromatic heterocycles. The first-order valence-corrected chi connectivity index (χ1v) is 11.2. The fourth-order valence-corrected chi connectivity index (χ4v) is 4.33. The molecule has 2 heterocycles.